The van der Waals surface area contributed by atoms with Gasteiger partial charge in [-0.05, 0) is 32.3 Å². The number of aryl methyl sites for hydroxylation is 1. The molecule has 2 atom stereocenters. The second kappa shape index (κ2) is 9.92. The van der Waals surface area contributed by atoms with E-state index in [0.29, 0.717) is 25.0 Å². The first-order valence-electron chi connectivity index (χ1n) is 9.27. The van der Waals surface area contributed by atoms with Gasteiger partial charge in [0.25, 0.3) is 0 Å². The fraction of sp³-hybridized carbons (Fsp3) is 0.632. The Bertz CT molecular complexity index is 686. The maximum atomic E-state index is 11.3. The van der Waals surface area contributed by atoms with Gasteiger partial charge in [0, 0.05) is 38.4 Å². The van der Waals surface area contributed by atoms with Crippen LogP contribution in [0.15, 0.2) is 29.3 Å². The Kier molecular flexibility index (Phi) is 7.90. The topological polar surface area (TPSA) is 79.8 Å². The van der Waals surface area contributed by atoms with E-state index in [1.807, 2.05) is 6.92 Å². The van der Waals surface area contributed by atoms with Gasteiger partial charge in [0.15, 0.2) is 5.96 Å². The molecular formula is C19H31N3O3S. The lowest BCUT2D eigenvalue weighted by Gasteiger charge is -2.31. The van der Waals surface area contributed by atoms with Gasteiger partial charge in [-0.25, -0.2) is 8.42 Å². The molecule has 1 aromatic carbocycles. The molecule has 0 aromatic heterocycles. The van der Waals surface area contributed by atoms with E-state index in [4.69, 9.17) is 4.74 Å². The molecule has 0 aliphatic carbocycles. The summed E-state index contributed by atoms with van der Waals surface area (Å²) in [5, 5.41) is 6.27. The summed E-state index contributed by atoms with van der Waals surface area (Å²) in [6.45, 7) is 6.59. The molecule has 0 amide bonds. The molecule has 2 unspecified atom stereocenters. The first-order chi connectivity index (χ1) is 12.4. The Hall–Kier alpha value is -1.60. The van der Waals surface area contributed by atoms with Crippen LogP contribution in [0.25, 0.3) is 0 Å². The van der Waals surface area contributed by atoms with Gasteiger partial charge in [-0.2, -0.15) is 0 Å². The first-order valence-corrected chi connectivity index (χ1v) is 11.3. The Morgan fingerprint density at radius 2 is 2.00 bits per heavy atom. The van der Waals surface area contributed by atoms with Crippen molar-refractivity contribution in [3.63, 3.8) is 0 Å². The molecule has 2 rings (SSSR count). The summed E-state index contributed by atoms with van der Waals surface area (Å²) in [7, 11) is -2.98. The third-order valence-corrected chi connectivity index (χ3v) is 5.39. The summed E-state index contributed by atoms with van der Waals surface area (Å²) in [6, 6.07) is 8.50. The summed E-state index contributed by atoms with van der Waals surface area (Å²) >= 11 is 0. The SMILES string of the molecule is CCNC(=NCC1CCCOC1c1ccc(C)cc1)NCCS(C)(=O)=O. The number of aliphatic imine (C=N–C) groups is 1. The monoisotopic (exact) mass is 381 g/mol. The second-order valence-corrected chi connectivity index (χ2v) is 9.14. The standard InChI is InChI=1S/C19H31N3O3S/c1-4-20-19(21-11-13-26(3,23)24)22-14-17-6-5-12-25-18(17)16-9-7-15(2)8-10-16/h7-10,17-18H,4-6,11-14H2,1-3H3,(H2,20,21,22). The van der Waals surface area contributed by atoms with E-state index in [0.717, 1.165) is 26.0 Å². The molecule has 1 heterocycles. The van der Waals surface area contributed by atoms with Crippen LogP contribution in [0.5, 0.6) is 0 Å². The van der Waals surface area contributed by atoms with Gasteiger partial charge in [0.1, 0.15) is 9.84 Å². The smallest absolute Gasteiger partial charge is 0.191 e. The van der Waals surface area contributed by atoms with Gasteiger partial charge >= 0.3 is 0 Å². The third-order valence-electron chi connectivity index (χ3n) is 4.44. The van der Waals surface area contributed by atoms with E-state index in [1.165, 1.54) is 17.4 Å². The van der Waals surface area contributed by atoms with Crippen LogP contribution < -0.4 is 10.6 Å². The van der Waals surface area contributed by atoms with Crippen molar-refractivity contribution < 1.29 is 13.2 Å². The van der Waals surface area contributed by atoms with Crippen LogP contribution in [-0.2, 0) is 14.6 Å². The highest BCUT2D eigenvalue weighted by Gasteiger charge is 2.27. The number of nitrogens with one attached hydrogen (secondary N) is 2. The highest BCUT2D eigenvalue weighted by molar-refractivity contribution is 7.90. The van der Waals surface area contributed by atoms with Crippen molar-refractivity contribution in [3.05, 3.63) is 35.4 Å². The van der Waals surface area contributed by atoms with Gasteiger partial charge in [-0.15, -0.1) is 0 Å². The normalized spacial score (nSPS) is 21.4. The molecule has 0 spiro atoms. The van der Waals surface area contributed by atoms with E-state index >= 15 is 0 Å². The molecule has 6 nitrogen and oxygen atoms in total. The lowest BCUT2D eigenvalue weighted by molar-refractivity contribution is -0.0250. The average molecular weight is 382 g/mol. The summed E-state index contributed by atoms with van der Waals surface area (Å²) in [5.41, 5.74) is 2.44. The van der Waals surface area contributed by atoms with Gasteiger partial charge < -0.3 is 15.4 Å². The van der Waals surface area contributed by atoms with Gasteiger partial charge in [-0.1, -0.05) is 29.8 Å². The Morgan fingerprint density at radius 3 is 2.65 bits per heavy atom. The van der Waals surface area contributed by atoms with Crippen molar-refractivity contribution in [2.45, 2.75) is 32.8 Å². The minimum absolute atomic E-state index is 0.0620. The fourth-order valence-corrected chi connectivity index (χ4v) is 3.53. The third kappa shape index (κ3) is 6.96. The van der Waals surface area contributed by atoms with Gasteiger partial charge in [0.2, 0.25) is 0 Å². The number of hydrogen-bond acceptors (Lipinski definition) is 4. The van der Waals surface area contributed by atoms with E-state index < -0.39 is 9.84 Å². The largest absolute Gasteiger partial charge is 0.373 e. The number of benzene rings is 1. The molecule has 2 N–H and O–H groups in total. The second-order valence-electron chi connectivity index (χ2n) is 6.88. The maximum absolute atomic E-state index is 11.3. The molecule has 1 aliphatic rings. The molecule has 1 aromatic rings. The van der Waals surface area contributed by atoms with Crippen molar-refractivity contribution in [1.29, 1.82) is 0 Å². The summed E-state index contributed by atoms with van der Waals surface area (Å²) in [6.07, 6.45) is 3.42. The van der Waals surface area contributed by atoms with Crippen LogP contribution in [0, 0.1) is 12.8 Å². The number of sulfone groups is 1. The van der Waals surface area contributed by atoms with Crippen molar-refractivity contribution in [3.8, 4) is 0 Å². The minimum Gasteiger partial charge on any atom is -0.373 e. The highest BCUT2D eigenvalue weighted by atomic mass is 32.2. The summed E-state index contributed by atoms with van der Waals surface area (Å²) in [4.78, 5) is 4.67. The molecular weight excluding hydrogens is 350 g/mol. The minimum atomic E-state index is -2.98. The maximum Gasteiger partial charge on any atom is 0.191 e. The van der Waals surface area contributed by atoms with Crippen LogP contribution in [0.2, 0.25) is 0 Å². The molecule has 0 radical (unpaired) electrons. The number of guanidine groups is 1. The van der Waals surface area contributed by atoms with E-state index in [2.05, 4.69) is 46.8 Å². The van der Waals surface area contributed by atoms with Crippen molar-refractivity contribution >= 4 is 15.8 Å². The molecule has 1 saturated heterocycles. The Labute approximate surface area is 157 Å². The molecule has 146 valence electrons. The summed E-state index contributed by atoms with van der Waals surface area (Å²) < 4.78 is 28.6. The first kappa shape index (κ1) is 20.7. The van der Waals surface area contributed by atoms with Crippen molar-refractivity contribution in [2.75, 3.05) is 38.2 Å². The van der Waals surface area contributed by atoms with Crippen molar-refractivity contribution in [2.24, 2.45) is 10.9 Å². The quantitative estimate of drug-likeness (QED) is 0.558. The van der Waals surface area contributed by atoms with Crippen LogP contribution in [0.4, 0.5) is 0 Å². The predicted molar refractivity (Wildman–Crippen MR) is 106 cm³/mol. The van der Waals surface area contributed by atoms with Gasteiger partial charge in [-0.3, -0.25) is 4.99 Å². The van der Waals surface area contributed by atoms with E-state index in [1.54, 1.807) is 0 Å². The van der Waals surface area contributed by atoms with Crippen LogP contribution in [-0.4, -0.2) is 52.6 Å². The molecule has 0 bridgehead atoms. The predicted octanol–water partition coefficient (Wildman–Crippen LogP) is 2.06. The number of rotatable bonds is 7. The van der Waals surface area contributed by atoms with E-state index in [-0.39, 0.29) is 11.9 Å². The molecule has 7 heteroatoms. The molecule has 26 heavy (non-hydrogen) atoms. The highest BCUT2D eigenvalue weighted by Crippen LogP contribution is 2.33. The number of hydrogen-bond donors (Lipinski definition) is 2. The molecule has 0 saturated carbocycles. The molecule has 1 aliphatic heterocycles. The van der Waals surface area contributed by atoms with Crippen LogP contribution >= 0.6 is 0 Å². The lowest BCUT2D eigenvalue weighted by Crippen LogP contribution is -2.40. The molecule has 1 fully saturated rings. The Balaban J connectivity index is 2.01. The zero-order chi connectivity index (χ0) is 19.0. The van der Waals surface area contributed by atoms with Crippen LogP contribution in [0.3, 0.4) is 0 Å². The summed E-state index contributed by atoms with van der Waals surface area (Å²) in [5.74, 6) is 1.07. The zero-order valence-electron chi connectivity index (χ0n) is 16.0. The van der Waals surface area contributed by atoms with E-state index in [9.17, 15) is 8.42 Å². The van der Waals surface area contributed by atoms with Crippen molar-refractivity contribution in [1.82, 2.24) is 10.6 Å². The Morgan fingerprint density at radius 1 is 1.27 bits per heavy atom. The number of nitrogens with zero attached hydrogens (tertiary/aromatic N) is 1. The lowest BCUT2D eigenvalue weighted by atomic mass is 9.89. The van der Waals surface area contributed by atoms with Crippen LogP contribution in [0.1, 0.15) is 37.0 Å². The number of ether oxygens (including phenoxy) is 1. The zero-order valence-corrected chi connectivity index (χ0v) is 16.8. The average Bonchev–Trinajstić information content (AvgIpc) is 2.60. The fourth-order valence-electron chi connectivity index (χ4n) is 3.06. The van der Waals surface area contributed by atoms with Gasteiger partial charge in [0.05, 0.1) is 11.9 Å².